The van der Waals surface area contributed by atoms with Crippen LogP contribution in [0, 0.1) is 11.8 Å². The van der Waals surface area contributed by atoms with Crippen LogP contribution >= 0.6 is 0 Å². The van der Waals surface area contributed by atoms with E-state index in [4.69, 9.17) is 76.3 Å². The van der Waals surface area contributed by atoms with Gasteiger partial charge in [0.05, 0.1) is 163 Å². The summed E-state index contributed by atoms with van der Waals surface area (Å²) in [7, 11) is 3.28. The molecule has 1 saturated heterocycles. The van der Waals surface area contributed by atoms with Crippen molar-refractivity contribution in [2.24, 2.45) is 21.8 Å². The minimum Gasteiger partial charge on any atom is -0.493 e. The van der Waals surface area contributed by atoms with Crippen LogP contribution in [0.3, 0.4) is 0 Å². The standard InChI is InChI=1S/C88H109N9O20/c1-61(2)85(94-83(99)25-30-106-32-34-108-36-38-110-40-42-112-44-45-113-43-41-111-39-37-109-35-33-107-31-26-89-82(98)24-27-97-84(100)51-73(88(97)103)64-16-13-11-9-7-6-8-10-12-14-17-64)87(102)92-62(3)86(101)93-70-21-18-63(19-22-70)66-46-71-54-90-74-52-80(77(104-4)49-68(74)58-95(71)56-66)114-28-15-29-115-81-53-75-69(50-78(81)105-5)59-96-57-67(47-72(96)55-91-75)65-20-23-76-79(48-65)117-60-116-76/h6-14,16-23,48-50,52-57,61-62,71-73,85H,15,24-47,51,58-60H2,1-5H3,(H,89,98)(H,92,102)(H,93,101)(H,94,99)/b7-6-,8-6?,9-7?,10-8-,11-9-,12-10?,13-11?,14-12-,16-13-,17-14?,64-16?,64-17+/t62-,71-,72-,73?,85?/m0/s1. The van der Waals surface area contributed by atoms with Gasteiger partial charge in [0.2, 0.25) is 42.2 Å². The molecule has 0 spiro atoms. The molecule has 0 radical (unpaired) electrons. The number of methoxy groups -OCH3 is 2. The Morgan fingerprint density at radius 1 is 0.513 bits per heavy atom. The van der Waals surface area contributed by atoms with Crippen molar-refractivity contribution in [1.82, 2.24) is 30.7 Å². The Hall–Kier alpha value is -10.8. The summed E-state index contributed by atoms with van der Waals surface area (Å²) in [6.45, 7) is 13.5. The zero-order chi connectivity index (χ0) is 81.9. The van der Waals surface area contributed by atoms with Crippen LogP contribution in [-0.4, -0.2) is 240 Å². The number of carbonyl (C=O) groups is 6. The summed E-state index contributed by atoms with van der Waals surface area (Å²) in [5, 5.41) is 11.2. The number of amides is 6. The molecule has 5 atom stereocenters. The van der Waals surface area contributed by atoms with E-state index in [1.165, 1.54) is 10.5 Å². The maximum atomic E-state index is 13.5. The third kappa shape index (κ3) is 26.6. The van der Waals surface area contributed by atoms with Crippen molar-refractivity contribution >= 4 is 76.1 Å². The van der Waals surface area contributed by atoms with E-state index in [1.807, 2.05) is 154 Å². The average Bonchev–Trinajstić information content (AvgIpc) is 1.65. The molecule has 1 aliphatic carbocycles. The van der Waals surface area contributed by atoms with Crippen LogP contribution in [0.1, 0.15) is 81.5 Å². The lowest BCUT2D eigenvalue weighted by atomic mass is 9.96. The Kier molecular flexibility index (Phi) is 34.4. The fraction of sp³-hybridized carbons (Fsp3) is 0.455. The quantitative estimate of drug-likeness (QED) is 0.0236. The van der Waals surface area contributed by atoms with E-state index in [-0.39, 0.29) is 101 Å². The summed E-state index contributed by atoms with van der Waals surface area (Å²) in [5.74, 6) is 1.03. The molecule has 0 saturated carbocycles. The lowest BCUT2D eigenvalue weighted by molar-refractivity contribution is -0.139. The summed E-state index contributed by atoms with van der Waals surface area (Å²) in [6.07, 6.45) is 31.1. The number of ether oxygens (including phenoxy) is 14. The van der Waals surface area contributed by atoms with Crippen molar-refractivity contribution in [2.75, 3.05) is 158 Å². The van der Waals surface area contributed by atoms with Crippen molar-refractivity contribution < 1.29 is 95.1 Å². The van der Waals surface area contributed by atoms with E-state index >= 15 is 0 Å². The zero-order valence-electron chi connectivity index (χ0n) is 67.4. The Bertz CT molecular complexity index is 4340. The van der Waals surface area contributed by atoms with Gasteiger partial charge in [0, 0.05) is 106 Å². The molecule has 7 aliphatic rings. The molecule has 4 aromatic rings. The highest BCUT2D eigenvalue weighted by Gasteiger charge is 2.40. The number of nitrogens with one attached hydrogen (secondary N) is 4. The van der Waals surface area contributed by atoms with Gasteiger partial charge < -0.3 is 97.4 Å². The number of benzene rings is 4. The molecule has 0 aromatic heterocycles. The number of fused-ring (bicyclic) bond motifs is 5. The predicted molar refractivity (Wildman–Crippen MR) is 441 cm³/mol. The Balaban J connectivity index is 0.468. The van der Waals surface area contributed by atoms with Crippen LogP contribution in [0.4, 0.5) is 17.1 Å². The number of hydrogen-bond acceptors (Lipinski definition) is 24. The van der Waals surface area contributed by atoms with E-state index in [1.54, 1.807) is 21.1 Å². The van der Waals surface area contributed by atoms with E-state index in [9.17, 15) is 28.8 Å². The molecule has 626 valence electrons. The SMILES string of the molecule is COc1cc2c(cc1OCCCOc1cc3c(cc1OC)CN1C=C(c4ccc5c(c4)OCO5)C[C@H]1C=N3)N=C[C@@H]1CC(c3ccc(NC(=O)[C@H](C)NC(=O)C(NC(=O)CCOCCOCCOCCOCCOCCOCCOCCOCCNC(=O)CCN4C(=O)CC(C5=C/C=C\C=C/C=C\C=C/C=C\5)C4=O)C(C)C)cc3)=CN1C2. The molecular formula is C88H109N9O20. The molecule has 6 aliphatic heterocycles. The van der Waals surface area contributed by atoms with Crippen molar-refractivity contribution in [3.05, 3.63) is 174 Å². The summed E-state index contributed by atoms with van der Waals surface area (Å²) in [6, 6.07) is 19.9. The second-order valence-electron chi connectivity index (χ2n) is 28.7. The molecule has 6 heterocycles. The number of imide groups is 1. The first-order valence-corrected chi connectivity index (χ1v) is 40.1. The van der Waals surface area contributed by atoms with Crippen LogP contribution in [0.5, 0.6) is 34.5 Å². The second-order valence-corrected chi connectivity index (χ2v) is 28.7. The predicted octanol–water partition coefficient (Wildman–Crippen LogP) is 9.65. The number of aliphatic imine (C=N–C) groups is 2. The second kappa shape index (κ2) is 46.3. The fourth-order valence-electron chi connectivity index (χ4n) is 13.6. The summed E-state index contributed by atoms with van der Waals surface area (Å²) < 4.78 is 79.9. The smallest absolute Gasteiger partial charge is 0.246 e. The largest absolute Gasteiger partial charge is 0.493 e. The van der Waals surface area contributed by atoms with Gasteiger partial charge in [-0.1, -0.05) is 98.9 Å². The molecule has 11 rings (SSSR count). The van der Waals surface area contributed by atoms with Crippen LogP contribution in [0.2, 0.25) is 0 Å². The van der Waals surface area contributed by atoms with E-state index in [0.717, 1.165) is 69.1 Å². The minimum atomic E-state index is -0.899. The average molecular weight is 1610 g/mol. The molecule has 117 heavy (non-hydrogen) atoms. The summed E-state index contributed by atoms with van der Waals surface area (Å²) >= 11 is 0. The van der Waals surface area contributed by atoms with Gasteiger partial charge in [-0.15, -0.1) is 0 Å². The molecule has 1 fully saturated rings. The van der Waals surface area contributed by atoms with Gasteiger partial charge in [-0.2, -0.15) is 0 Å². The summed E-state index contributed by atoms with van der Waals surface area (Å²) in [4.78, 5) is 93.8. The Labute approximate surface area is 683 Å². The Morgan fingerprint density at radius 2 is 1.02 bits per heavy atom. The number of nitrogens with zero attached hydrogens (tertiary/aromatic N) is 5. The molecule has 29 nitrogen and oxygen atoms in total. The van der Waals surface area contributed by atoms with Gasteiger partial charge in [0.15, 0.2) is 34.5 Å². The van der Waals surface area contributed by atoms with Gasteiger partial charge in [-0.25, -0.2) is 0 Å². The van der Waals surface area contributed by atoms with E-state index in [0.29, 0.717) is 147 Å². The van der Waals surface area contributed by atoms with Crippen LogP contribution in [0.25, 0.3) is 11.1 Å². The number of allylic oxidation sites excluding steroid dienone is 11. The molecule has 4 aromatic carbocycles. The van der Waals surface area contributed by atoms with Crippen LogP contribution in [0.15, 0.2) is 162 Å². The topological polar surface area (TPSA) is 314 Å². The van der Waals surface area contributed by atoms with Crippen LogP contribution < -0.4 is 49.7 Å². The van der Waals surface area contributed by atoms with Crippen LogP contribution in [-0.2, 0) is 79.8 Å². The van der Waals surface area contributed by atoms with Gasteiger partial charge in [0.25, 0.3) is 0 Å². The highest BCUT2D eigenvalue weighted by molar-refractivity contribution is 6.05. The number of carbonyl (C=O) groups excluding carboxylic acids is 6. The van der Waals surface area contributed by atoms with Gasteiger partial charge in [-0.05, 0) is 89.9 Å². The van der Waals surface area contributed by atoms with E-state index in [2.05, 4.69) is 49.5 Å². The minimum absolute atomic E-state index is 0.00351. The third-order valence-corrected chi connectivity index (χ3v) is 20.0. The lowest BCUT2D eigenvalue weighted by Gasteiger charge is -2.24. The lowest BCUT2D eigenvalue weighted by Crippen LogP contribution is -2.53. The molecular weight excluding hydrogens is 1500 g/mol. The first kappa shape index (κ1) is 87.1. The first-order valence-electron chi connectivity index (χ1n) is 40.1. The first-order chi connectivity index (χ1) is 57.2. The monoisotopic (exact) mass is 1610 g/mol. The van der Waals surface area contributed by atoms with Gasteiger partial charge in [-0.3, -0.25) is 43.7 Å². The molecule has 4 N–H and O–H groups in total. The Morgan fingerprint density at radius 3 is 1.56 bits per heavy atom. The molecule has 29 heteroatoms. The maximum absolute atomic E-state index is 13.5. The number of likely N-dealkylation sites (tertiary alicyclic amines) is 1. The van der Waals surface area contributed by atoms with E-state index < -0.39 is 29.8 Å². The summed E-state index contributed by atoms with van der Waals surface area (Å²) in [5.41, 5.74) is 9.46. The normalized spacial score (nSPS) is 19.4. The zero-order valence-corrected chi connectivity index (χ0v) is 67.4. The fourth-order valence-corrected chi connectivity index (χ4v) is 13.6. The van der Waals surface area contributed by atoms with Crippen molar-refractivity contribution in [2.45, 2.75) is 96.6 Å². The van der Waals surface area contributed by atoms with Crippen molar-refractivity contribution in [1.29, 1.82) is 0 Å². The van der Waals surface area contributed by atoms with Crippen molar-refractivity contribution in [3.63, 3.8) is 0 Å². The van der Waals surface area contributed by atoms with Crippen molar-refractivity contribution in [3.8, 4) is 34.5 Å². The third-order valence-electron chi connectivity index (χ3n) is 20.0. The number of rotatable bonds is 47. The molecule has 6 amide bonds. The number of hydrogen-bond donors (Lipinski definition) is 4. The molecule has 0 bridgehead atoms. The van der Waals surface area contributed by atoms with Gasteiger partial charge >= 0.3 is 0 Å². The highest BCUT2D eigenvalue weighted by atomic mass is 16.7. The maximum Gasteiger partial charge on any atom is 0.246 e. The molecule has 2 unspecified atom stereocenters. The van der Waals surface area contributed by atoms with Gasteiger partial charge in [0.1, 0.15) is 12.1 Å². The highest BCUT2D eigenvalue weighted by Crippen LogP contribution is 2.44. The number of anilines is 1.